The Bertz CT molecular complexity index is 434. The molecule has 0 radical (unpaired) electrons. The smallest absolute Gasteiger partial charge is 0.229 e. The monoisotopic (exact) mass is 270 g/mol. The number of thiazole rings is 1. The van der Waals surface area contributed by atoms with Crippen LogP contribution in [0.2, 0.25) is 0 Å². The van der Waals surface area contributed by atoms with Crippen LogP contribution in [0.4, 0.5) is 5.13 Å². The number of anilines is 1. The molecule has 1 N–H and O–H groups in total. The average Bonchev–Trinajstić information content (AvgIpc) is 3.04. The van der Waals surface area contributed by atoms with E-state index in [0.29, 0.717) is 16.9 Å². The molecular weight excluding hydrogens is 256 g/mol. The zero-order valence-corrected chi connectivity index (χ0v) is 11.1. The molecule has 0 aliphatic heterocycles. The molecule has 1 amide bonds. The number of fused-ring (bicyclic) bond motifs is 2. The summed E-state index contributed by atoms with van der Waals surface area (Å²) in [4.78, 5) is 16.4. The van der Waals surface area contributed by atoms with E-state index in [1.54, 1.807) is 0 Å². The molecular formula is C12H15ClN2OS. The third-order valence-electron chi connectivity index (χ3n) is 3.99. The van der Waals surface area contributed by atoms with Gasteiger partial charge in [0, 0.05) is 11.3 Å². The third kappa shape index (κ3) is 2.20. The Morgan fingerprint density at radius 1 is 1.53 bits per heavy atom. The highest BCUT2D eigenvalue weighted by molar-refractivity contribution is 7.13. The summed E-state index contributed by atoms with van der Waals surface area (Å²) >= 11 is 7.14. The van der Waals surface area contributed by atoms with E-state index in [2.05, 4.69) is 10.3 Å². The fraction of sp³-hybridized carbons (Fsp3) is 0.667. The number of hydrogen-bond acceptors (Lipinski definition) is 3. The maximum atomic E-state index is 12.1. The molecule has 0 saturated heterocycles. The van der Waals surface area contributed by atoms with Gasteiger partial charge >= 0.3 is 0 Å². The minimum Gasteiger partial charge on any atom is -0.302 e. The molecule has 0 spiro atoms. The van der Waals surface area contributed by atoms with E-state index in [1.165, 1.54) is 30.6 Å². The van der Waals surface area contributed by atoms with Gasteiger partial charge in [-0.15, -0.1) is 22.9 Å². The van der Waals surface area contributed by atoms with Crippen molar-refractivity contribution in [2.75, 3.05) is 5.32 Å². The lowest BCUT2D eigenvalue weighted by atomic mass is 9.88. The maximum absolute atomic E-state index is 12.1. The van der Waals surface area contributed by atoms with Gasteiger partial charge in [0.05, 0.1) is 11.6 Å². The molecule has 3 unspecified atom stereocenters. The average molecular weight is 271 g/mol. The molecule has 3 nitrogen and oxygen atoms in total. The largest absolute Gasteiger partial charge is 0.302 e. The van der Waals surface area contributed by atoms with Crippen LogP contribution in [-0.2, 0) is 10.7 Å². The van der Waals surface area contributed by atoms with E-state index in [-0.39, 0.29) is 11.8 Å². The van der Waals surface area contributed by atoms with Crippen LogP contribution in [0.25, 0.3) is 0 Å². The number of carbonyl (C=O) groups excluding carboxylic acids is 1. The molecule has 1 heterocycles. The van der Waals surface area contributed by atoms with Crippen LogP contribution in [0.1, 0.15) is 31.4 Å². The first kappa shape index (κ1) is 11.5. The predicted octanol–water partition coefficient (Wildman–Crippen LogP) is 3.26. The minimum atomic E-state index is 0.160. The van der Waals surface area contributed by atoms with Crippen molar-refractivity contribution in [2.24, 2.45) is 17.8 Å². The Balaban J connectivity index is 1.63. The first-order valence-electron chi connectivity index (χ1n) is 6.07. The van der Waals surface area contributed by atoms with Crippen molar-refractivity contribution in [2.45, 2.75) is 31.6 Å². The van der Waals surface area contributed by atoms with Crippen molar-refractivity contribution in [1.29, 1.82) is 0 Å². The van der Waals surface area contributed by atoms with E-state index in [1.807, 2.05) is 5.38 Å². The topological polar surface area (TPSA) is 42.0 Å². The van der Waals surface area contributed by atoms with Gasteiger partial charge in [-0.2, -0.15) is 0 Å². The number of nitrogens with zero attached hydrogens (tertiary/aromatic N) is 1. The zero-order valence-electron chi connectivity index (χ0n) is 9.49. The second-order valence-corrected chi connectivity index (χ2v) is 6.17. The normalized spacial score (nSPS) is 30.8. The fourth-order valence-corrected chi connectivity index (χ4v) is 4.13. The summed E-state index contributed by atoms with van der Waals surface area (Å²) in [5.41, 5.74) is 0.833. The van der Waals surface area contributed by atoms with Gasteiger partial charge in [-0.25, -0.2) is 4.98 Å². The molecule has 2 fully saturated rings. The number of nitrogens with one attached hydrogen (secondary N) is 1. The van der Waals surface area contributed by atoms with Crippen molar-refractivity contribution in [1.82, 2.24) is 4.98 Å². The summed E-state index contributed by atoms with van der Waals surface area (Å²) in [6.45, 7) is 0. The van der Waals surface area contributed by atoms with Gasteiger partial charge < -0.3 is 5.32 Å². The van der Waals surface area contributed by atoms with Gasteiger partial charge in [-0.05, 0) is 31.1 Å². The van der Waals surface area contributed by atoms with Crippen molar-refractivity contribution < 1.29 is 4.79 Å². The summed E-state index contributed by atoms with van der Waals surface area (Å²) in [6.07, 6.45) is 4.88. The first-order chi connectivity index (χ1) is 8.26. The Morgan fingerprint density at radius 3 is 3.00 bits per heavy atom. The first-order valence-corrected chi connectivity index (χ1v) is 7.49. The van der Waals surface area contributed by atoms with E-state index in [9.17, 15) is 4.79 Å². The Labute approximate surface area is 110 Å². The lowest BCUT2D eigenvalue weighted by molar-refractivity contribution is -0.121. The molecule has 3 atom stereocenters. The van der Waals surface area contributed by atoms with Gasteiger partial charge in [0.25, 0.3) is 0 Å². The summed E-state index contributed by atoms with van der Waals surface area (Å²) in [5.74, 6) is 2.20. The van der Waals surface area contributed by atoms with Gasteiger partial charge in [0.15, 0.2) is 5.13 Å². The van der Waals surface area contributed by atoms with Gasteiger partial charge in [-0.1, -0.05) is 6.42 Å². The number of alkyl halides is 1. The quantitative estimate of drug-likeness (QED) is 0.857. The van der Waals surface area contributed by atoms with E-state index in [0.717, 1.165) is 18.0 Å². The van der Waals surface area contributed by atoms with Crippen LogP contribution < -0.4 is 5.32 Å². The number of aromatic nitrogens is 1. The van der Waals surface area contributed by atoms with Gasteiger partial charge in [0.2, 0.25) is 5.91 Å². The summed E-state index contributed by atoms with van der Waals surface area (Å²) in [6, 6.07) is 0. The Kier molecular flexibility index (Phi) is 3.09. The highest BCUT2D eigenvalue weighted by Crippen LogP contribution is 2.48. The number of carbonyl (C=O) groups is 1. The number of amides is 1. The standard InChI is InChI=1S/C12H15ClN2OS/c13-5-9-6-17-12(14-9)15-11(16)10-4-7-1-2-8(10)3-7/h6-8,10H,1-5H2,(H,14,15,16). The van der Waals surface area contributed by atoms with Crippen LogP contribution in [0, 0.1) is 17.8 Å². The van der Waals surface area contributed by atoms with Gasteiger partial charge in [0.1, 0.15) is 0 Å². The van der Waals surface area contributed by atoms with Crippen molar-refractivity contribution in [3.63, 3.8) is 0 Å². The molecule has 5 heteroatoms. The number of hydrogen-bond donors (Lipinski definition) is 1. The second kappa shape index (κ2) is 4.58. The summed E-state index contributed by atoms with van der Waals surface area (Å²) < 4.78 is 0. The summed E-state index contributed by atoms with van der Waals surface area (Å²) in [5, 5.41) is 5.51. The zero-order chi connectivity index (χ0) is 11.8. The highest BCUT2D eigenvalue weighted by Gasteiger charge is 2.43. The van der Waals surface area contributed by atoms with Crippen LogP contribution in [0.3, 0.4) is 0 Å². The molecule has 0 aromatic carbocycles. The van der Waals surface area contributed by atoms with E-state index < -0.39 is 0 Å². The van der Waals surface area contributed by atoms with Gasteiger partial charge in [-0.3, -0.25) is 4.79 Å². The lowest BCUT2D eigenvalue weighted by Crippen LogP contribution is -2.27. The fourth-order valence-electron chi connectivity index (χ4n) is 3.19. The minimum absolute atomic E-state index is 0.160. The predicted molar refractivity (Wildman–Crippen MR) is 69.2 cm³/mol. The van der Waals surface area contributed by atoms with Crippen LogP contribution in [0.15, 0.2) is 5.38 Å². The second-order valence-electron chi connectivity index (χ2n) is 5.05. The molecule has 2 aliphatic rings. The molecule has 92 valence electrons. The molecule has 1 aromatic rings. The molecule has 3 rings (SSSR count). The van der Waals surface area contributed by atoms with Crippen molar-refractivity contribution in [3.05, 3.63) is 11.1 Å². The van der Waals surface area contributed by atoms with Crippen LogP contribution in [-0.4, -0.2) is 10.9 Å². The summed E-state index contributed by atoms with van der Waals surface area (Å²) in [7, 11) is 0. The van der Waals surface area contributed by atoms with E-state index >= 15 is 0 Å². The number of halogens is 1. The van der Waals surface area contributed by atoms with Crippen molar-refractivity contribution in [3.8, 4) is 0 Å². The third-order valence-corrected chi connectivity index (χ3v) is 5.07. The van der Waals surface area contributed by atoms with Crippen LogP contribution >= 0.6 is 22.9 Å². The molecule has 2 saturated carbocycles. The lowest BCUT2D eigenvalue weighted by Gasteiger charge is -2.19. The maximum Gasteiger partial charge on any atom is 0.229 e. The molecule has 1 aromatic heterocycles. The van der Waals surface area contributed by atoms with Crippen LogP contribution in [0.5, 0.6) is 0 Å². The van der Waals surface area contributed by atoms with E-state index in [4.69, 9.17) is 11.6 Å². The van der Waals surface area contributed by atoms with Crippen molar-refractivity contribution >= 4 is 34.0 Å². The molecule has 2 bridgehead atoms. The SMILES string of the molecule is O=C(Nc1nc(CCl)cs1)C1CC2CCC1C2. The Hall–Kier alpha value is -0.610. The molecule has 17 heavy (non-hydrogen) atoms. The highest BCUT2D eigenvalue weighted by atomic mass is 35.5. The molecule has 2 aliphatic carbocycles. The Morgan fingerprint density at radius 2 is 2.41 bits per heavy atom. The number of rotatable bonds is 3.